The molecule has 148 valence electrons. The van der Waals surface area contributed by atoms with E-state index < -0.39 is 11.6 Å². The van der Waals surface area contributed by atoms with E-state index in [2.05, 4.69) is 4.98 Å². The lowest BCUT2D eigenvalue weighted by Crippen LogP contribution is -2.41. The van der Waals surface area contributed by atoms with E-state index in [1.807, 2.05) is 26.8 Å². The average Bonchev–Trinajstić information content (AvgIpc) is 2.67. The van der Waals surface area contributed by atoms with Crippen molar-refractivity contribution in [1.82, 2.24) is 14.9 Å². The second-order valence-electron chi connectivity index (χ2n) is 7.96. The Hall–Kier alpha value is -2.96. The first-order valence-electron chi connectivity index (χ1n) is 9.36. The smallest absolute Gasteiger partial charge is 0.410 e. The van der Waals surface area contributed by atoms with Crippen molar-refractivity contribution in [3.05, 3.63) is 47.9 Å². The molecule has 1 amide bonds. The Labute approximate surface area is 164 Å². The van der Waals surface area contributed by atoms with Gasteiger partial charge in [-0.15, -0.1) is 0 Å². The van der Waals surface area contributed by atoms with Crippen molar-refractivity contribution in [2.45, 2.75) is 45.1 Å². The van der Waals surface area contributed by atoms with Crippen molar-refractivity contribution in [2.24, 2.45) is 0 Å². The molecular weight excluding hydrogens is 358 g/mol. The molecule has 28 heavy (non-hydrogen) atoms. The summed E-state index contributed by atoms with van der Waals surface area (Å²) in [6.07, 6.45) is 4.67. The van der Waals surface area contributed by atoms with Crippen LogP contribution in [0.3, 0.4) is 0 Å². The van der Waals surface area contributed by atoms with E-state index in [0.29, 0.717) is 18.8 Å². The van der Waals surface area contributed by atoms with Gasteiger partial charge in [-0.2, -0.15) is 0 Å². The molecule has 0 radical (unpaired) electrons. The Kier molecular flexibility index (Phi) is 5.63. The molecule has 7 nitrogen and oxygen atoms in total. The summed E-state index contributed by atoms with van der Waals surface area (Å²) in [7, 11) is 0. The molecular formula is C21H25N3O4. The molecule has 1 saturated heterocycles. The fourth-order valence-corrected chi connectivity index (χ4v) is 3.21. The summed E-state index contributed by atoms with van der Waals surface area (Å²) in [5.41, 5.74) is 1.95. The summed E-state index contributed by atoms with van der Waals surface area (Å²) in [6.45, 7) is 6.80. The number of aromatic carboxylic acids is 1. The largest absolute Gasteiger partial charge is 0.478 e. The van der Waals surface area contributed by atoms with Crippen molar-refractivity contribution in [3.63, 3.8) is 0 Å². The second-order valence-corrected chi connectivity index (χ2v) is 7.96. The molecule has 0 aliphatic carbocycles. The predicted octanol–water partition coefficient (Wildman–Crippen LogP) is 3.96. The second kappa shape index (κ2) is 7.96. The van der Waals surface area contributed by atoms with Crippen LogP contribution in [0.1, 0.15) is 55.6 Å². The SMILES string of the molecule is CC(C)(C)OC(=O)N1CCC(c2cncc(-c3cccc(C(=O)O)c3)n2)CC1. The minimum atomic E-state index is -0.972. The number of hydrogen-bond acceptors (Lipinski definition) is 5. The van der Waals surface area contributed by atoms with Crippen molar-refractivity contribution >= 4 is 12.1 Å². The van der Waals surface area contributed by atoms with Crippen molar-refractivity contribution in [3.8, 4) is 11.3 Å². The monoisotopic (exact) mass is 383 g/mol. The molecule has 0 atom stereocenters. The highest BCUT2D eigenvalue weighted by atomic mass is 16.6. The summed E-state index contributed by atoms with van der Waals surface area (Å²) in [6, 6.07) is 6.68. The summed E-state index contributed by atoms with van der Waals surface area (Å²) in [5, 5.41) is 9.18. The fraction of sp³-hybridized carbons (Fsp3) is 0.429. The highest BCUT2D eigenvalue weighted by Crippen LogP contribution is 2.29. The van der Waals surface area contributed by atoms with Gasteiger partial charge in [-0.05, 0) is 45.7 Å². The van der Waals surface area contributed by atoms with Gasteiger partial charge in [0.05, 0.1) is 23.1 Å². The molecule has 1 aromatic heterocycles. The highest BCUT2D eigenvalue weighted by molar-refractivity contribution is 5.89. The van der Waals surface area contributed by atoms with E-state index in [0.717, 1.165) is 24.1 Å². The van der Waals surface area contributed by atoms with Crippen LogP contribution in [0, 0.1) is 0 Å². The maximum Gasteiger partial charge on any atom is 0.410 e. The van der Waals surface area contributed by atoms with E-state index in [1.165, 1.54) is 0 Å². The number of carbonyl (C=O) groups excluding carboxylic acids is 1. The van der Waals surface area contributed by atoms with Crippen molar-refractivity contribution in [2.75, 3.05) is 13.1 Å². The van der Waals surface area contributed by atoms with Crippen LogP contribution in [0.15, 0.2) is 36.7 Å². The first-order valence-corrected chi connectivity index (χ1v) is 9.36. The molecule has 1 aromatic carbocycles. The number of ether oxygens (including phenoxy) is 1. The molecule has 1 aliphatic heterocycles. The molecule has 2 heterocycles. The molecule has 1 aliphatic rings. The molecule has 1 fully saturated rings. The zero-order chi connectivity index (χ0) is 20.3. The quantitative estimate of drug-likeness (QED) is 0.862. The standard InChI is InChI=1S/C21H25N3O4/c1-21(2,3)28-20(27)24-9-7-14(8-10-24)17-12-22-13-18(23-17)15-5-4-6-16(11-15)19(25)26/h4-6,11-14H,7-10H2,1-3H3,(H,25,26). The van der Waals surface area contributed by atoms with Gasteiger partial charge < -0.3 is 14.7 Å². The van der Waals surface area contributed by atoms with Gasteiger partial charge in [0, 0.05) is 30.8 Å². The Morgan fingerprint density at radius 1 is 1.18 bits per heavy atom. The zero-order valence-corrected chi connectivity index (χ0v) is 16.4. The number of nitrogens with zero attached hydrogens (tertiary/aromatic N) is 3. The van der Waals surface area contributed by atoms with E-state index >= 15 is 0 Å². The lowest BCUT2D eigenvalue weighted by atomic mass is 9.94. The predicted molar refractivity (Wildman–Crippen MR) is 104 cm³/mol. The first kappa shape index (κ1) is 19.8. The topological polar surface area (TPSA) is 92.6 Å². The number of aromatic nitrogens is 2. The van der Waals surface area contributed by atoms with Crippen LogP contribution in [-0.2, 0) is 4.74 Å². The summed E-state index contributed by atoms with van der Waals surface area (Å²) < 4.78 is 5.44. The Bertz CT molecular complexity index is 868. The molecule has 7 heteroatoms. The minimum absolute atomic E-state index is 0.203. The normalized spacial score (nSPS) is 15.3. The Morgan fingerprint density at radius 2 is 1.89 bits per heavy atom. The van der Waals surface area contributed by atoms with E-state index in [4.69, 9.17) is 9.72 Å². The van der Waals surface area contributed by atoms with Crippen LogP contribution < -0.4 is 0 Å². The molecule has 0 bridgehead atoms. The highest BCUT2D eigenvalue weighted by Gasteiger charge is 2.28. The van der Waals surface area contributed by atoms with Gasteiger partial charge in [0.1, 0.15) is 5.60 Å². The number of amides is 1. The van der Waals surface area contributed by atoms with Gasteiger partial charge in [0.2, 0.25) is 0 Å². The molecule has 0 spiro atoms. The third kappa shape index (κ3) is 4.85. The van der Waals surface area contributed by atoms with Gasteiger partial charge in [0.25, 0.3) is 0 Å². The van der Waals surface area contributed by atoms with Gasteiger partial charge in [0.15, 0.2) is 0 Å². The maximum atomic E-state index is 12.2. The van der Waals surface area contributed by atoms with E-state index in [9.17, 15) is 14.7 Å². The average molecular weight is 383 g/mol. The molecule has 2 aromatic rings. The number of benzene rings is 1. The number of carbonyl (C=O) groups is 2. The summed E-state index contributed by atoms with van der Waals surface area (Å²) >= 11 is 0. The van der Waals surface area contributed by atoms with Crippen LogP contribution in [-0.4, -0.2) is 50.7 Å². The number of piperidine rings is 1. The van der Waals surface area contributed by atoms with Crippen LogP contribution in [0.25, 0.3) is 11.3 Å². The number of carboxylic acids is 1. The summed E-state index contributed by atoms with van der Waals surface area (Å²) in [4.78, 5) is 34.1. The molecule has 3 rings (SSSR count). The fourth-order valence-electron chi connectivity index (χ4n) is 3.21. The molecule has 0 saturated carbocycles. The van der Waals surface area contributed by atoms with Crippen molar-refractivity contribution < 1.29 is 19.4 Å². The zero-order valence-electron chi connectivity index (χ0n) is 16.4. The lowest BCUT2D eigenvalue weighted by molar-refractivity contribution is 0.0203. The Morgan fingerprint density at radius 3 is 2.54 bits per heavy atom. The third-order valence-corrected chi connectivity index (χ3v) is 4.62. The number of rotatable bonds is 3. The number of carboxylic acid groups (broad SMARTS) is 1. The van der Waals surface area contributed by atoms with Gasteiger partial charge >= 0.3 is 12.1 Å². The third-order valence-electron chi connectivity index (χ3n) is 4.62. The van der Waals surface area contributed by atoms with Gasteiger partial charge in [-0.3, -0.25) is 4.98 Å². The van der Waals surface area contributed by atoms with Crippen LogP contribution in [0.5, 0.6) is 0 Å². The lowest BCUT2D eigenvalue weighted by Gasteiger charge is -2.33. The van der Waals surface area contributed by atoms with Crippen LogP contribution >= 0.6 is 0 Å². The minimum Gasteiger partial charge on any atom is -0.478 e. The first-order chi connectivity index (χ1) is 13.2. The van der Waals surface area contributed by atoms with E-state index in [-0.39, 0.29) is 17.6 Å². The Balaban J connectivity index is 1.70. The summed E-state index contributed by atoms with van der Waals surface area (Å²) in [5.74, 6) is -0.769. The van der Waals surface area contributed by atoms with Crippen LogP contribution in [0.2, 0.25) is 0 Å². The van der Waals surface area contributed by atoms with E-state index in [1.54, 1.807) is 35.5 Å². The van der Waals surface area contributed by atoms with Crippen molar-refractivity contribution in [1.29, 1.82) is 0 Å². The van der Waals surface area contributed by atoms with Gasteiger partial charge in [-0.1, -0.05) is 12.1 Å². The number of likely N-dealkylation sites (tertiary alicyclic amines) is 1. The van der Waals surface area contributed by atoms with Gasteiger partial charge in [-0.25, -0.2) is 14.6 Å². The molecule has 1 N–H and O–H groups in total. The van der Waals surface area contributed by atoms with Crippen LogP contribution in [0.4, 0.5) is 4.79 Å². The maximum absolute atomic E-state index is 12.2. The molecule has 0 unspecified atom stereocenters. The number of hydrogen-bond donors (Lipinski definition) is 1.